The fourth-order valence-corrected chi connectivity index (χ4v) is 5.08. The number of benzene rings is 2. The highest BCUT2D eigenvalue weighted by atomic mass is 32.2. The third-order valence-corrected chi connectivity index (χ3v) is 6.34. The van der Waals surface area contributed by atoms with Crippen molar-refractivity contribution in [2.24, 2.45) is 5.92 Å². The van der Waals surface area contributed by atoms with E-state index in [0.29, 0.717) is 25.3 Å². The van der Waals surface area contributed by atoms with Crippen molar-refractivity contribution < 1.29 is 13.2 Å². The average molecular weight is 356 g/mol. The summed E-state index contributed by atoms with van der Waals surface area (Å²) in [6, 6.07) is 17.4. The van der Waals surface area contributed by atoms with Crippen LogP contribution < -0.4 is 0 Å². The van der Waals surface area contributed by atoms with E-state index >= 15 is 0 Å². The van der Waals surface area contributed by atoms with Gasteiger partial charge in [0.15, 0.2) is 0 Å². The molecule has 1 aromatic heterocycles. The van der Waals surface area contributed by atoms with Crippen LogP contribution in [0.5, 0.6) is 0 Å². The first-order chi connectivity index (χ1) is 12.1. The molecule has 25 heavy (non-hydrogen) atoms. The molecular formula is C19H20N2O3S. The number of ether oxygens (including phenoxy) is 1. The number of para-hydroxylation sites is 2. The van der Waals surface area contributed by atoms with Crippen LogP contribution in [0.25, 0.3) is 11.0 Å². The van der Waals surface area contributed by atoms with E-state index in [0.717, 1.165) is 17.5 Å². The quantitative estimate of drug-likeness (QED) is 0.705. The molecule has 1 saturated heterocycles. The highest BCUT2D eigenvalue weighted by molar-refractivity contribution is 7.91. The Labute approximate surface area is 147 Å². The van der Waals surface area contributed by atoms with E-state index in [1.807, 2.05) is 59.2 Å². The summed E-state index contributed by atoms with van der Waals surface area (Å²) in [6.45, 7) is 1.63. The van der Waals surface area contributed by atoms with Crippen molar-refractivity contribution in [1.29, 1.82) is 0 Å². The summed E-state index contributed by atoms with van der Waals surface area (Å²) in [7, 11) is -3.48. The SMILES string of the molecule is O=S(=O)(CC1CCOC1)c1nc2ccccc2n1Cc1ccccc1. The summed E-state index contributed by atoms with van der Waals surface area (Å²) in [4.78, 5) is 4.46. The van der Waals surface area contributed by atoms with Gasteiger partial charge in [-0.1, -0.05) is 42.5 Å². The van der Waals surface area contributed by atoms with Crippen molar-refractivity contribution in [2.75, 3.05) is 19.0 Å². The molecule has 1 unspecified atom stereocenters. The second kappa shape index (κ2) is 6.61. The van der Waals surface area contributed by atoms with Crippen LogP contribution in [0.2, 0.25) is 0 Å². The van der Waals surface area contributed by atoms with Crippen LogP contribution in [0.3, 0.4) is 0 Å². The zero-order chi connectivity index (χ0) is 17.3. The van der Waals surface area contributed by atoms with Crippen LogP contribution >= 0.6 is 0 Å². The summed E-state index contributed by atoms with van der Waals surface area (Å²) in [5.74, 6) is 0.139. The Morgan fingerprint density at radius 3 is 2.60 bits per heavy atom. The van der Waals surface area contributed by atoms with E-state index in [1.165, 1.54) is 0 Å². The molecular weight excluding hydrogens is 336 g/mol. The second-order valence-electron chi connectivity index (χ2n) is 6.47. The third-order valence-electron chi connectivity index (χ3n) is 4.56. The molecule has 130 valence electrons. The van der Waals surface area contributed by atoms with Crippen molar-refractivity contribution in [3.63, 3.8) is 0 Å². The Kier molecular flexibility index (Phi) is 4.31. The monoisotopic (exact) mass is 356 g/mol. The van der Waals surface area contributed by atoms with Gasteiger partial charge in [-0.2, -0.15) is 0 Å². The van der Waals surface area contributed by atoms with Gasteiger partial charge in [-0.25, -0.2) is 13.4 Å². The Hall–Kier alpha value is -2.18. The van der Waals surface area contributed by atoms with Gasteiger partial charge >= 0.3 is 0 Å². The van der Waals surface area contributed by atoms with Crippen molar-refractivity contribution in [3.8, 4) is 0 Å². The molecule has 5 nitrogen and oxygen atoms in total. The van der Waals surface area contributed by atoms with E-state index in [-0.39, 0.29) is 16.8 Å². The summed E-state index contributed by atoms with van der Waals surface area (Å²) < 4.78 is 33.2. The average Bonchev–Trinajstić information content (AvgIpc) is 3.24. The molecule has 2 aromatic carbocycles. The lowest BCUT2D eigenvalue weighted by Gasteiger charge is -2.12. The molecule has 0 radical (unpaired) electrons. The zero-order valence-corrected chi connectivity index (χ0v) is 14.7. The molecule has 2 heterocycles. The van der Waals surface area contributed by atoms with Gasteiger partial charge in [0.25, 0.3) is 0 Å². The van der Waals surface area contributed by atoms with E-state index in [2.05, 4.69) is 4.98 Å². The maximum Gasteiger partial charge on any atom is 0.229 e. The number of fused-ring (bicyclic) bond motifs is 1. The summed E-state index contributed by atoms with van der Waals surface area (Å²) >= 11 is 0. The number of nitrogens with zero attached hydrogens (tertiary/aromatic N) is 2. The van der Waals surface area contributed by atoms with E-state index in [9.17, 15) is 8.42 Å². The number of hydrogen-bond acceptors (Lipinski definition) is 4. The van der Waals surface area contributed by atoms with E-state index < -0.39 is 9.84 Å². The molecule has 0 N–H and O–H groups in total. The minimum Gasteiger partial charge on any atom is -0.381 e. The van der Waals surface area contributed by atoms with Gasteiger partial charge in [-0.05, 0) is 30.0 Å². The molecule has 0 saturated carbocycles. The molecule has 0 bridgehead atoms. The standard InChI is InChI=1S/C19H20N2O3S/c22-25(23,14-16-10-11-24-13-16)19-20-17-8-4-5-9-18(17)21(19)12-15-6-2-1-3-7-15/h1-9,16H,10-14H2. The third kappa shape index (κ3) is 3.32. The number of aromatic nitrogens is 2. The van der Waals surface area contributed by atoms with Crippen molar-refractivity contribution in [2.45, 2.75) is 18.1 Å². The molecule has 1 atom stereocenters. The lowest BCUT2D eigenvalue weighted by Crippen LogP contribution is -2.20. The lowest BCUT2D eigenvalue weighted by molar-refractivity contribution is 0.188. The number of rotatable bonds is 5. The molecule has 1 aliphatic rings. The normalized spacial score (nSPS) is 18.0. The molecule has 1 fully saturated rings. The Bertz CT molecular complexity index is 974. The summed E-state index contributed by atoms with van der Waals surface area (Å²) in [6.07, 6.45) is 0.790. The minimum atomic E-state index is -3.48. The van der Waals surface area contributed by atoms with Crippen molar-refractivity contribution in [3.05, 3.63) is 60.2 Å². The molecule has 1 aliphatic heterocycles. The molecule has 0 spiro atoms. The predicted molar refractivity (Wildman–Crippen MR) is 96.3 cm³/mol. The van der Waals surface area contributed by atoms with Gasteiger partial charge < -0.3 is 9.30 Å². The fourth-order valence-electron chi connectivity index (χ4n) is 3.31. The second-order valence-corrected chi connectivity index (χ2v) is 8.39. The van der Waals surface area contributed by atoms with Gasteiger partial charge in [-0.3, -0.25) is 0 Å². The van der Waals surface area contributed by atoms with Gasteiger partial charge in [0.2, 0.25) is 15.0 Å². The van der Waals surface area contributed by atoms with Crippen molar-refractivity contribution >= 4 is 20.9 Å². The minimum absolute atomic E-state index is 0.0509. The number of imidazole rings is 1. The van der Waals surface area contributed by atoms with E-state index in [4.69, 9.17) is 4.74 Å². The Balaban J connectivity index is 1.78. The van der Waals surface area contributed by atoms with Gasteiger partial charge in [0.05, 0.1) is 29.9 Å². The van der Waals surface area contributed by atoms with Crippen LogP contribution in [0, 0.1) is 5.92 Å². The smallest absolute Gasteiger partial charge is 0.229 e. The zero-order valence-electron chi connectivity index (χ0n) is 13.8. The molecule has 0 amide bonds. The topological polar surface area (TPSA) is 61.2 Å². The van der Waals surface area contributed by atoms with Gasteiger partial charge in [0, 0.05) is 6.61 Å². The Morgan fingerprint density at radius 2 is 1.84 bits per heavy atom. The first-order valence-corrected chi connectivity index (χ1v) is 10.1. The maximum atomic E-state index is 13.0. The molecule has 3 aromatic rings. The Morgan fingerprint density at radius 1 is 1.08 bits per heavy atom. The fraction of sp³-hybridized carbons (Fsp3) is 0.316. The van der Waals surface area contributed by atoms with Crippen LogP contribution in [-0.4, -0.2) is 36.9 Å². The predicted octanol–water partition coefficient (Wildman–Crippen LogP) is 2.89. The van der Waals surface area contributed by atoms with Gasteiger partial charge in [0.1, 0.15) is 0 Å². The molecule has 0 aliphatic carbocycles. The highest BCUT2D eigenvalue weighted by Gasteiger charge is 2.29. The number of hydrogen-bond donors (Lipinski definition) is 0. The summed E-state index contributed by atoms with van der Waals surface area (Å²) in [5.41, 5.74) is 2.60. The summed E-state index contributed by atoms with van der Waals surface area (Å²) in [5, 5.41) is 0.157. The molecule has 6 heteroatoms. The first-order valence-electron chi connectivity index (χ1n) is 8.43. The number of sulfone groups is 1. The maximum absolute atomic E-state index is 13.0. The lowest BCUT2D eigenvalue weighted by atomic mass is 10.2. The van der Waals surface area contributed by atoms with Gasteiger partial charge in [-0.15, -0.1) is 0 Å². The highest BCUT2D eigenvalue weighted by Crippen LogP contribution is 2.25. The first kappa shape index (κ1) is 16.3. The van der Waals surface area contributed by atoms with E-state index in [1.54, 1.807) is 0 Å². The molecule has 4 rings (SSSR count). The van der Waals surface area contributed by atoms with Crippen LogP contribution in [0.1, 0.15) is 12.0 Å². The van der Waals surface area contributed by atoms with Crippen LogP contribution in [0.15, 0.2) is 59.8 Å². The van der Waals surface area contributed by atoms with Crippen LogP contribution in [-0.2, 0) is 21.1 Å². The van der Waals surface area contributed by atoms with Crippen molar-refractivity contribution in [1.82, 2.24) is 9.55 Å². The largest absolute Gasteiger partial charge is 0.381 e. The van der Waals surface area contributed by atoms with Crippen LogP contribution in [0.4, 0.5) is 0 Å².